The van der Waals surface area contributed by atoms with Crippen LogP contribution >= 0.6 is 0 Å². The molecule has 0 heterocycles. The van der Waals surface area contributed by atoms with Gasteiger partial charge in [0.15, 0.2) is 0 Å². The fraction of sp³-hybridized carbons (Fsp3) is 1.00. The standard InChI is InChI=1S/C5H12O.3ClH.Ti/c1-2-3-4-5-6;;;;/h6H,2-5H2,1H3;3*1H;/q;;;;+3/p-3. The molecule has 0 aromatic heterocycles. The van der Waals surface area contributed by atoms with E-state index in [0.29, 0.717) is 6.61 Å². The summed E-state index contributed by atoms with van der Waals surface area (Å²) in [5.74, 6) is 0. The van der Waals surface area contributed by atoms with Crippen LogP contribution in [0.25, 0.3) is 0 Å². The molecule has 0 amide bonds. The summed E-state index contributed by atoms with van der Waals surface area (Å²) in [5, 5.41) is 8.20. The van der Waals surface area contributed by atoms with Crippen LogP contribution in [0.4, 0.5) is 0 Å². The van der Waals surface area contributed by atoms with Crippen LogP contribution in [0.2, 0.25) is 0 Å². The number of halogens is 3. The first-order valence-corrected chi connectivity index (χ1v) is 2.52. The van der Waals surface area contributed by atoms with Crippen LogP contribution < -0.4 is 37.2 Å². The third-order valence-corrected chi connectivity index (χ3v) is 0.762. The van der Waals surface area contributed by atoms with Gasteiger partial charge in [-0.3, -0.25) is 0 Å². The normalized spacial score (nSPS) is 5.40. The molecule has 0 atom stereocenters. The van der Waals surface area contributed by atoms with Gasteiger partial charge in [0.05, 0.1) is 0 Å². The van der Waals surface area contributed by atoms with Crippen LogP contribution in [0.1, 0.15) is 26.2 Å². The molecular formula is C5H12Cl3OTi. The van der Waals surface area contributed by atoms with Crippen molar-refractivity contribution < 1.29 is 64.0 Å². The molecule has 0 saturated carbocycles. The summed E-state index contributed by atoms with van der Waals surface area (Å²) in [6.45, 7) is 2.48. The van der Waals surface area contributed by atoms with Crippen LogP contribution in [0.15, 0.2) is 0 Å². The molecule has 1 nitrogen and oxygen atoms in total. The first-order chi connectivity index (χ1) is 2.91. The van der Waals surface area contributed by atoms with Crippen LogP contribution in [-0.4, -0.2) is 11.7 Å². The zero-order valence-electron chi connectivity index (χ0n) is 5.91. The summed E-state index contributed by atoms with van der Waals surface area (Å²) >= 11 is 0. The summed E-state index contributed by atoms with van der Waals surface area (Å²) in [4.78, 5) is 0. The van der Waals surface area contributed by atoms with Gasteiger partial charge in [-0.15, -0.1) is 0 Å². The molecule has 0 fully saturated rings. The van der Waals surface area contributed by atoms with E-state index in [-0.39, 0.29) is 58.9 Å². The maximum Gasteiger partial charge on any atom is 3.00 e. The first-order valence-electron chi connectivity index (χ1n) is 2.52. The van der Waals surface area contributed by atoms with E-state index in [1.807, 2.05) is 0 Å². The minimum Gasteiger partial charge on any atom is -1.00 e. The smallest absolute Gasteiger partial charge is 1.00 e. The van der Waals surface area contributed by atoms with E-state index in [1.54, 1.807) is 0 Å². The summed E-state index contributed by atoms with van der Waals surface area (Å²) < 4.78 is 0. The number of hydrogen-bond acceptors (Lipinski definition) is 1. The number of rotatable bonds is 3. The maximum atomic E-state index is 8.20. The maximum absolute atomic E-state index is 8.20. The Morgan fingerprint density at radius 3 is 1.50 bits per heavy atom. The zero-order valence-corrected chi connectivity index (χ0v) is 9.74. The quantitative estimate of drug-likeness (QED) is 0.385. The summed E-state index contributed by atoms with van der Waals surface area (Å²) in [6, 6.07) is 0. The van der Waals surface area contributed by atoms with Crippen molar-refractivity contribution in [3.8, 4) is 0 Å². The molecule has 0 rings (SSSR count). The van der Waals surface area contributed by atoms with E-state index in [9.17, 15) is 0 Å². The molecule has 0 unspecified atom stereocenters. The van der Waals surface area contributed by atoms with Crippen molar-refractivity contribution >= 4 is 0 Å². The minimum atomic E-state index is 0. The number of aliphatic hydroxyl groups is 1. The average molecular weight is 242 g/mol. The van der Waals surface area contributed by atoms with Crippen molar-refractivity contribution in [3.05, 3.63) is 0 Å². The van der Waals surface area contributed by atoms with Gasteiger partial charge in [-0.2, -0.15) is 0 Å². The molecule has 1 radical (unpaired) electrons. The Hall–Kier alpha value is 1.54. The monoisotopic (exact) mass is 241 g/mol. The van der Waals surface area contributed by atoms with E-state index in [0.717, 1.165) is 12.8 Å². The third kappa shape index (κ3) is 33.7. The van der Waals surface area contributed by atoms with Gasteiger partial charge in [-0.25, -0.2) is 0 Å². The number of aliphatic hydroxyl groups excluding tert-OH is 1. The molecule has 0 aliphatic heterocycles. The molecule has 63 valence electrons. The first kappa shape index (κ1) is 30.0. The van der Waals surface area contributed by atoms with Gasteiger partial charge in [0.1, 0.15) is 0 Å². The Labute approximate surface area is 96.5 Å². The minimum absolute atomic E-state index is 0. The van der Waals surface area contributed by atoms with E-state index in [1.165, 1.54) is 6.42 Å². The molecule has 5 heteroatoms. The van der Waals surface area contributed by atoms with Gasteiger partial charge >= 0.3 is 21.7 Å². The summed E-state index contributed by atoms with van der Waals surface area (Å²) in [6.07, 6.45) is 3.33. The SMILES string of the molecule is CCCCCO.[Cl-].[Cl-].[Cl-].[Ti+3]. The third-order valence-electron chi connectivity index (χ3n) is 0.762. The summed E-state index contributed by atoms with van der Waals surface area (Å²) in [5.41, 5.74) is 0. The second-order valence-corrected chi connectivity index (χ2v) is 1.43. The zero-order chi connectivity index (χ0) is 4.83. The van der Waals surface area contributed by atoms with Crippen molar-refractivity contribution in [2.75, 3.05) is 6.61 Å². The fourth-order valence-electron chi connectivity index (χ4n) is 0.362. The van der Waals surface area contributed by atoms with Crippen molar-refractivity contribution in [2.24, 2.45) is 0 Å². The Morgan fingerprint density at radius 1 is 1.00 bits per heavy atom. The molecule has 0 spiro atoms. The van der Waals surface area contributed by atoms with E-state index in [2.05, 4.69) is 6.92 Å². The average Bonchev–Trinajstić information content (AvgIpc) is 1.61. The molecule has 1 N–H and O–H groups in total. The second kappa shape index (κ2) is 31.2. The van der Waals surface area contributed by atoms with Crippen molar-refractivity contribution in [1.29, 1.82) is 0 Å². The van der Waals surface area contributed by atoms with Crippen LogP contribution in [0.3, 0.4) is 0 Å². The molecule has 0 saturated heterocycles. The van der Waals surface area contributed by atoms with Crippen LogP contribution in [-0.2, 0) is 21.7 Å². The van der Waals surface area contributed by atoms with Gasteiger partial charge in [0, 0.05) is 6.61 Å². The predicted octanol–water partition coefficient (Wildman–Crippen LogP) is -7.82. The number of hydrogen-bond donors (Lipinski definition) is 1. The van der Waals surface area contributed by atoms with Crippen molar-refractivity contribution in [3.63, 3.8) is 0 Å². The van der Waals surface area contributed by atoms with Crippen molar-refractivity contribution in [1.82, 2.24) is 0 Å². The van der Waals surface area contributed by atoms with Gasteiger partial charge in [-0.1, -0.05) is 19.8 Å². The molecule has 0 aromatic rings. The largest absolute Gasteiger partial charge is 3.00 e. The topological polar surface area (TPSA) is 20.2 Å². The Kier molecular flexibility index (Phi) is 93.6. The molecule has 0 bridgehead atoms. The predicted molar refractivity (Wildman–Crippen MR) is 26.6 cm³/mol. The van der Waals surface area contributed by atoms with Gasteiger partial charge < -0.3 is 42.3 Å². The Balaban J connectivity index is -0.0000000208. The van der Waals surface area contributed by atoms with E-state index < -0.39 is 0 Å². The molecule has 10 heavy (non-hydrogen) atoms. The Bertz CT molecular complexity index is 28.9. The van der Waals surface area contributed by atoms with Gasteiger partial charge in [0.25, 0.3) is 0 Å². The molecule has 0 aromatic carbocycles. The van der Waals surface area contributed by atoms with E-state index in [4.69, 9.17) is 5.11 Å². The molecule has 0 aliphatic carbocycles. The van der Waals surface area contributed by atoms with Crippen LogP contribution in [0, 0.1) is 0 Å². The van der Waals surface area contributed by atoms with Crippen LogP contribution in [0.5, 0.6) is 0 Å². The fourth-order valence-corrected chi connectivity index (χ4v) is 0.362. The summed E-state index contributed by atoms with van der Waals surface area (Å²) in [7, 11) is 0. The second-order valence-electron chi connectivity index (χ2n) is 1.43. The molecular weight excluding hydrogens is 230 g/mol. The van der Waals surface area contributed by atoms with E-state index >= 15 is 0 Å². The molecule has 0 aliphatic rings. The number of unbranched alkanes of at least 4 members (excludes halogenated alkanes) is 2. The van der Waals surface area contributed by atoms with Crippen molar-refractivity contribution in [2.45, 2.75) is 26.2 Å². The van der Waals surface area contributed by atoms with Gasteiger partial charge in [0.2, 0.25) is 0 Å². The van der Waals surface area contributed by atoms with Gasteiger partial charge in [-0.05, 0) is 6.42 Å². The Morgan fingerprint density at radius 2 is 1.40 bits per heavy atom.